The van der Waals surface area contributed by atoms with Crippen molar-refractivity contribution < 1.29 is 4.79 Å². The molecular weight excluding hydrogens is 394 g/mol. The Kier molecular flexibility index (Phi) is 5.82. The van der Waals surface area contributed by atoms with Crippen molar-refractivity contribution in [3.05, 3.63) is 26.6 Å². The lowest BCUT2D eigenvalue weighted by molar-refractivity contribution is -0.133. The molecule has 0 aromatic carbocycles. The molecule has 0 bridgehead atoms. The van der Waals surface area contributed by atoms with E-state index in [4.69, 9.17) is 4.98 Å². The fraction of sp³-hybridized carbons (Fsp3) is 0.708. The molecule has 5 nitrogen and oxygen atoms in total. The van der Waals surface area contributed by atoms with Crippen LogP contribution in [0.1, 0.15) is 70.1 Å². The fourth-order valence-corrected chi connectivity index (χ4v) is 6.66. The van der Waals surface area contributed by atoms with E-state index in [0.29, 0.717) is 36.4 Å². The molecule has 1 N–H and O–H groups in total. The number of hydrogen-bond donors (Lipinski definition) is 1. The van der Waals surface area contributed by atoms with E-state index in [2.05, 4.69) is 39.6 Å². The quantitative estimate of drug-likeness (QED) is 0.777. The number of rotatable bonds is 3. The van der Waals surface area contributed by atoms with Gasteiger partial charge in [-0.25, -0.2) is 4.98 Å². The van der Waals surface area contributed by atoms with E-state index in [-0.39, 0.29) is 16.9 Å². The maximum Gasteiger partial charge on any atom is 0.259 e. The molecular formula is C24H35N3O2S. The normalized spacial score (nSPS) is 24.8. The molecule has 0 radical (unpaired) electrons. The molecule has 30 heavy (non-hydrogen) atoms. The number of carbonyl (C=O) groups is 1. The van der Waals surface area contributed by atoms with Crippen molar-refractivity contribution in [1.82, 2.24) is 14.9 Å². The molecule has 0 spiro atoms. The van der Waals surface area contributed by atoms with Crippen molar-refractivity contribution >= 4 is 27.5 Å². The Morgan fingerprint density at radius 2 is 1.93 bits per heavy atom. The van der Waals surface area contributed by atoms with E-state index in [1.165, 1.54) is 16.9 Å². The molecule has 2 aliphatic rings. The first-order valence-corrected chi connectivity index (χ1v) is 12.2. The summed E-state index contributed by atoms with van der Waals surface area (Å²) in [7, 11) is 0. The number of likely N-dealkylation sites (tertiary alicyclic amines) is 1. The Balaban J connectivity index is 1.50. The first kappa shape index (κ1) is 21.5. The molecule has 1 amide bonds. The van der Waals surface area contributed by atoms with Crippen LogP contribution in [-0.2, 0) is 24.1 Å². The molecule has 1 fully saturated rings. The molecule has 164 valence electrons. The summed E-state index contributed by atoms with van der Waals surface area (Å²) in [6.07, 6.45) is 5.23. The average Bonchev–Trinajstić information content (AvgIpc) is 3.02. The number of aromatic nitrogens is 2. The number of aromatic amines is 1. The van der Waals surface area contributed by atoms with Gasteiger partial charge in [0.15, 0.2) is 0 Å². The van der Waals surface area contributed by atoms with Gasteiger partial charge in [0.25, 0.3) is 5.56 Å². The standard InChI is InChI=1S/C24H35N3O2S/c1-14-10-15(2)13-27(12-14)20(28)9-8-19-25-22(29)21-17-7-6-16(24(3,4)5)11-18(17)30-23(21)26-19/h14-16H,6-13H2,1-5H3,(H,25,26,29)/t14-,15+,16-/m0/s1. The van der Waals surface area contributed by atoms with Gasteiger partial charge in [-0.3, -0.25) is 9.59 Å². The highest BCUT2D eigenvalue weighted by atomic mass is 32.1. The van der Waals surface area contributed by atoms with Gasteiger partial charge in [0.2, 0.25) is 5.91 Å². The number of thiophene rings is 1. The second-order valence-corrected chi connectivity index (χ2v) is 11.8. The number of aryl methyl sites for hydroxylation is 2. The van der Waals surface area contributed by atoms with Crippen molar-refractivity contribution in [1.29, 1.82) is 0 Å². The van der Waals surface area contributed by atoms with E-state index in [0.717, 1.165) is 42.6 Å². The molecule has 1 saturated heterocycles. The maximum absolute atomic E-state index is 12.9. The van der Waals surface area contributed by atoms with Gasteiger partial charge in [-0.15, -0.1) is 11.3 Å². The van der Waals surface area contributed by atoms with Gasteiger partial charge in [0, 0.05) is 30.8 Å². The minimum atomic E-state index is -0.0330. The minimum absolute atomic E-state index is 0.0330. The number of fused-ring (bicyclic) bond motifs is 3. The Morgan fingerprint density at radius 3 is 2.60 bits per heavy atom. The van der Waals surface area contributed by atoms with Crippen molar-refractivity contribution in [2.24, 2.45) is 23.2 Å². The third-order valence-electron chi connectivity index (χ3n) is 6.99. The van der Waals surface area contributed by atoms with E-state index in [1.807, 2.05) is 4.90 Å². The molecule has 0 saturated carbocycles. The van der Waals surface area contributed by atoms with E-state index >= 15 is 0 Å². The first-order chi connectivity index (χ1) is 14.1. The fourth-order valence-electron chi connectivity index (χ4n) is 5.34. The van der Waals surface area contributed by atoms with Gasteiger partial charge in [-0.1, -0.05) is 34.6 Å². The lowest BCUT2D eigenvalue weighted by Crippen LogP contribution is -2.42. The van der Waals surface area contributed by atoms with E-state index < -0.39 is 0 Å². The summed E-state index contributed by atoms with van der Waals surface area (Å²) >= 11 is 1.68. The van der Waals surface area contributed by atoms with Crippen molar-refractivity contribution in [2.45, 2.75) is 73.1 Å². The minimum Gasteiger partial charge on any atom is -0.342 e. The Hall–Kier alpha value is -1.69. The average molecular weight is 430 g/mol. The number of amides is 1. The van der Waals surface area contributed by atoms with Crippen LogP contribution in [0.15, 0.2) is 4.79 Å². The molecule has 6 heteroatoms. The monoisotopic (exact) mass is 429 g/mol. The zero-order chi connectivity index (χ0) is 21.6. The molecule has 2 aromatic rings. The summed E-state index contributed by atoms with van der Waals surface area (Å²) in [6.45, 7) is 13.0. The van der Waals surface area contributed by atoms with Crippen LogP contribution in [0.2, 0.25) is 0 Å². The smallest absolute Gasteiger partial charge is 0.259 e. The third kappa shape index (κ3) is 4.34. The summed E-state index contributed by atoms with van der Waals surface area (Å²) in [5.41, 5.74) is 1.46. The van der Waals surface area contributed by atoms with Gasteiger partial charge < -0.3 is 9.88 Å². The highest BCUT2D eigenvalue weighted by molar-refractivity contribution is 7.18. The molecule has 1 aliphatic carbocycles. The second kappa shape index (κ2) is 8.10. The summed E-state index contributed by atoms with van der Waals surface area (Å²) < 4.78 is 0. The number of carbonyl (C=O) groups excluding carboxylic acids is 1. The van der Waals surface area contributed by atoms with Crippen LogP contribution in [0.3, 0.4) is 0 Å². The number of hydrogen-bond acceptors (Lipinski definition) is 4. The third-order valence-corrected chi connectivity index (χ3v) is 8.14. The first-order valence-electron chi connectivity index (χ1n) is 11.4. The van der Waals surface area contributed by atoms with Crippen LogP contribution in [0.4, 0.5) is 0 Å². The van der Waals surface area contributed by atoms with Crippen molar-refractivity contribution in [3.8, 4) is 0 Å². The van der Waals surface area contributed by atoms with Gasteiger partial charge in [-0.2, -0.15) is 0 Å². The SMILES string of the molecule is C[C@@H]1C[C@H](C)CN(C(=O)CCc2nc3sc4c(c3c(=O)[nH]2)CC[C@H](C(C)(C)C)C4)C1. The van der Waals surface area contributed by atoms with Gasteiger partial charge in [-0.05, 0) is 54.4 Å². The molecule has 1 aliphatic heterocycles. The molecule has 0 unspecified atom stereocenters. The molecule has 2 aromatic heterocycles. The Labute approximate surface area is 183 Å². The van der Waals surface area contributed by atoms with Crippen LogP contribution in [0.5, 0.6) is 0 Å². The Bertz CT molecular complexity index is 990. The lowest BCUT2D eigenvalue weighted by atomic mass is 9.72. The van der Waals surface area contributed by atoms with Gasteiger partial charge >= 0.3 is 0 Å². The molecule has 3 atom stereocenters. The predicted molar refractivity (Wildman–Crippen MR) is 123 cm³/mol. The van der Waals surface area contributed by atoms with Crippen LogP contribution in [0, 0.1) is 23.2 Å². The number of piperidine rings is 1. The van der Waals surface area contributed by atoms with E-state index in [9.17, 15) is 9.59 Å². The topological polar surface area (TPSA) is 66.1 Å². The second-order valence-electron chi connectivity index (χ2n) is 10.7. The highest BCUT2D eigenvalue weighted by Crippen LogP contribution is 2.42. The molecule has 4 rings (SSSR count). The largest absolute Gasteiger partial charge is 0.342 e. The van der Waals surface area contributed by atoms with Crippen molar-refractivity contribution in [3.63, 3.8) is 0 Å². The predicted octanol–water partition coefficient (Wildman–Crippen LogP) is 4.57. The number of nitrogens with zero attached hydrogens (tertiary/aromatic N) is 2. The van der Waals surface area contributed by atoms with Crippen LogP contribution in [0.25, 0.3) is 10.2 Å². The highest BCUT2D eigenvalue weighted by Gasteiger charge is 2.32. The number of nitrogens with one attached hydrogen (secondary N) is 1. The summed E-state index contributed by atoms with van der Waals surface area (Å²) in [5.74, 6) is 2.57. The van der Waals surface area contributed by atoms with Gasteiger partial charge in [0.05, 0.1) is 5.39 Å². The summed E-state index contributed by atoms with van der Waals surface area (Å²) in [4.78, 5) is 37.5. The number of H-pyrrole nitrogens is 1. The van der Waals surface area contributed by atoms with E-state index in [1.54, 1.807) is 11.3 Å². The van der Waals surface area contributed by atoms with Crippen LogP contribution in [-0.4, -0.2) is 33.9 Å². The van der Waals surface area contributed by atoms with Crippen LogP contribution >= 0.6 is 11.3 Å². The van der Waals surface area contributed by atoms with Crippen LogP contribution < -0.4 is 5.56 Å². The van der Waals surface area contributed by atoms with Gasteiger partial charge in [0.1, 0.15) is 10.7 Å². The molecule has 3 heterocycles. The zero-order valence-corrected chi connectivity index (χ0v) is 19.8. The zero-order valence-electron chi connectivity index (χ0n) is 19.0. The summed E-state index contributed by atoms with van der Waals surface area (Å²) in [6, 6.07) is 0. The van der Waals surface area contributed by atoms with Crippen molar-refractivity contribution in [2.75, 3.05) is 13.1 Å². The lowest BCUT2D eigenvalue weighted by Gasteiger charge is -2.35. The maximum atomic E-state index is 12.9. The summed E-state index contributed by atoms with van der Waals surface area (Å²) in [5, 5.41) is 0.788. The Morgan fingerprint density at radius 1 is 1.23 bits per heavy atom.